The molecule has 0 aliphatic heterocycles. The molecule has 0 aliphatic rings. The van der Waals surface area contributed by atoms with Crippen LogP contribution in [0.2, 0.25) is 0 Å². The number of rotatable bonds is 9. The molecule has 0 aliphatic carbocycles. The number of aryl methyl sites for hydroxylation is 1. The third-order valence-corrected chi connectivity index (χ3v) is 7.25. The van der Waals surface area contributed by atoms with Gasteiger partial charge in [-0.2, -0.15) is 0 Å². The standard InChI is InChI=1S/C10H10O4.C8H8Br2O2.C8H8O3.C8H10O2/c1-13-9-4-10(14-2)8(6-12)3-7(9)5-11;1-11-7-4-8(12-2)6(10)3-5(7)9;1-5-2-6(4-9)8(11)3-7(5)10;1-9-7-4-3-5-8(6-7)10-2/h3-6H,1-2H3;3-4H,1-2H3;2-4,10-11H,1H3;3-6H,1-2H3. The van der Waals surface area contributed by atoms with Crippen LogP contribution in [0.25, 0.3) is 0 Å². The van der Waals surface area contributed by atoms with E-state index < -0.39 is 0 Å². The summed E-state index contributed by atoms with van der Waals surface area (Å²) in [4.78, 5) is 31.5. The first-order valence-corrected chi connectivity index (χ1v) is 14.9. The van der Waals surface area contributed by atoms with Gasteiger partial charge in [-0.05, 0) is 74.7 Å². The Kier molecular flexibility index (Phi) is 18.1. The molecule has 0 aromatic heterocycles. The topological polar surface area (TPSA) is 147 Å². The molecule has 0 spiro atoms. The molecule has 4 rings (SSSR count). The number of hydrogen-bond acceptors (Lipinski definition) is 11. The first kappa shape index (κ1) is 40.3. The van der Waals surface area contributed by atoms with Gasteiger partial charge < -0.3 is 38.6 Å². The fourth-order valence-electron chi connectivity index (χ4n) is 3.49. The lowest BCUT2D eigenvalue weighted by Crippen LogP contribution is -1.96. The molecule has 4 aromatic rings. The number of hydrogen-bond donors (Lipinski definition) is 2. The molecule has 11 nitrogen and oxygen atoms in total. The molecule has 0 atom stereocenters. The average molecular weight is 780 g/mol. The molecule has 4 aromatic carbocycles. The van der Waals surface area contributed by atoms with E-state index in [0.29, 0.717) is 47.0 Å². The lowest BCUT2D eigenvalue weighted by molar-refractivity contribution is 0.111. The van der Waals surface area contributed by atoms with Gasteiger partial charge >= 0.3 is 0 Å². The van der Waals surface area contributed by atoms with Crippen LogP contribution in [0.15, 0.2) is 69.6 Å². The van der Waals surface area contributed by atoms with Crippen molar-refractivity contribution >= 4 is 50.7 Å². The Morgan fingerprint density at radius 1 is 0.511 bits per heavy atom. The second-order valence-electron chi connectivity index (χ2n) is 8.89. The van der Waals surface area contributed by atoms with Gasteiger partial charge in [0.25, 0.3) is 0 Å². The molecule has 0 unspecified atom stereocenters. The zero-order valence-electron chi connectivity index (χ0n) is 26.8. The molecule has 0 heterocycles. The highest BCUT2D eigenvalue weighted by molar-refractivity contribution is 9.11. The summed E-state index contributed by atoms with van der Waals surface area (Å²) in [7, 11) is 9.40. The van der Waals surface area contributed by atoms with Crippen LogP contribution in [0.3, 0.4) is 0 Å². The smallest absolute Gasteiger partial charge is 0.153 e. The van der Waals surface area contributed by atoms with Crippen molar-refractivity contribution in [2.24, 2.45) is 0 Å². The molecular weight excluding hydrogens is 744 g/mol. The highest BCUT2D eigenvalue weighted by atomic mass is 79.9. The third-order valence-electron chi connectivity index (χ3n) is 6.01. The summed E-state index contributed by atoms with van der Waals surface area (Å²) < 4.78 is 31.8. The van der Waals surface area contributed by atoms with Crippen LogP contribution in [-0.2, 0) is 0 Å². The van der Waals surface area contributed by atoms with Gasteiger partial charge in [0.1, 0.15) is 46.0 Å². The quantitative estimate of drug-likeness (QED) is 0.163. The average Bonchev–Trinajstić information content (AvgIpc) is 3.10. The largest absolute Gasteiger partial charge is 0.508 e. The number of ether oxygens (including phenoxy) is 6. The lowest BCUT2D eigenvalue weighted by atomic mass is 10.1. The molecule has 0 saturated heterocycles. The van der Waals surface area contributed by atoms with Gasteiger partial charge in [-0.1, -0.05) is 6.07 Å². The molecule has 13 heteroatoms. The summed E-state index contributed by atoms with van der Waals surface area (Å²) in [5.41, 5.74) is 1.43. The van der Waals surface area contributed by atoms with Crippen LogP contribution in [0.4, 0.5) is 0 Å². The van der Waals surface area contributed by atoms with E-state index in [1.165, 1.54) is 32.4 Å². The van der Waals surface area contributed by atoms with Crippen molar-refractivity contribution in [1.29, 1.82) is 0 Å². The number of benzene rings is 4. The molecule has 0 saturated carbocycles. The van der Waals surface area contributed by atoms with Gasteiger partial charge in [-0.3, -0.25) is 14.4 Å². The normalized spacial score (nSPS) is 9.38. The molecule has 252 valence electrons. The SMILES string of the molecule is COc1cc(OC)c(Br)cc1Br.COc1cc(OC)c(C=O)cc1C=O.COc1cccc(OC)c1.Cc1cc(C=O)c(O)cc1O. The summed E-state index contributed by atoms with van der Waals surface area (Å²) in [6, 6.07) is 16.7. The minimum absolute atomic E-state index is 0.00639. The Labute approximate surface area is 290 Å². The summed E-state index contributed by atoms with van der Waals surface area (Å²) >= 11 is 6.72. The van der Waals surface area contributed by atoms with Gasteiger partial charge in [-0.25, -0.2) is 0 Å². The summed E-state index contributed by atoms with van der Waals surface area (Å²) in [6.45, 7) is 1.65. The van der Waals surface area contributed by atoms with E-state index in [1.807, 2.05) is 36.4 Å². The maximum Gasteiger partial charge on any atom is 0.153 e. The Balaban J connectivity index is 0.000000316. The number of phenolic OH excluding ortho intramolecular Hbond substituents is 2. The fourth-order valence-corrected chi connectivity index (χ4v) is 4.80. The van der Waals surface area contributed by atoms with E-state index in [2.05, 4.69) is 31.9 Å². The summed E-state index contributed by atoms with van der Waals surface area (Å²) in [5, 5.41) is 18.1. The zero-order chi connectivity index (χ0) is 35.5. The molecule has 0 amide bonds. The van der Waals surface area contributed by atoms with E-state index in [4.69, 9.17) is 38.6 Å². The minimum atomic E-state index is -0.192. The maximum absolute atomic E-state index is 10.6. The number of methoxy groups -OCH3 is 6. The minimum Gasteiger partial charge on any atom is -0.508 e. The maximum atomic E-state index is 10.6. The third kappa shape index (κ3) is 12.5. The molecule has 0 bridgehead atoms. The van der Waals surface area contributed by atoms with Gasteiger partial charge in [0, 0.05) is 24.3 Å². The number of carbonyl (C=O) groups excluding carboxylic acids is 3. The van der Waals surface area contributed by atoms with Crippen LogP contribution in [0, 0.1) is 6.92 Å². The first-order chi connectivity index (χ1) is 22.5. The Hall–Kier alpha value is -4.75. The van der Waals surface area contributed by atoms with Crippen molar-refractivity contribution in [1.82, 2.24) is 0 Å². The number of aromatic hydroxyl groups is 2. The van der Waals surface area contributed by atoms with Crippen LogP contribution in [0.5, 0.6) is 46.0 Å². The molecule has 2 N–H and O–H groups in total. The number of carbonyl (C=O) groups is 3. The van der Waals surface area contributed by atoms with Crippen LogP contribution in [0.1, 0.15) is 36.6 Å². The Bertz CT molecular complexity index is 1550. The highest BCUT2D eigenvalue weighted by Gasteiger charge is 2.10. The van der Waals surface area contributed by atoms with E-state index in [1.54, 1.807) is 35.4 Å². The van der Waals surface area contributed by atoms with Crippen LogP contribution < -0.4 is 28.4 Å². The first-order valence-electron chi connectivity index (χ1n) is 13.4. The van der Waals surface area contributed by atoms with E-state index >= 15 is 0 Å². The number of phenols is 2. The van der Waals surface area contributed by atoms with Crippen LogP contribution >= 0.6 is 31.9 Å². The Morgan fingerprint density at radius 3 is 1.32 bits per heavy atom. The zero-order valence-corrected chi connectivity index (χ0v) is 30.0. The predicted octanol–water partition coefficient (Wildman–Crippen LogP) is 7.48. The monoisotopic (exact) mass is 778 g/mol. The van der Waals surface area contributed by atoms with Crippen LogP contribution in [-0.4, -0.2) is 71.7 Å². The van der Waals surface area contributed by atoms with E-state index in [0.717, 1.165) is 38.0 Å². The van der Waals surface area contributed by atoms with Crippen molar-refractivity contribution in [2.75, 3.05) is 42.7 Å². The second-order valence-corrected chi connectivity index (χ2v) is 10.6. The van der Waals surface area contributed by atoms with Crippen molar-refractivity contribution in [3.63, 3.8) is 0 Å². The van der Waals surface area contributed by atoms with Gasteiger partial charge in [0.05, 0.1) is 68.3 Å². The van der Waals surface area contributed by atoms with Gasteiger partial charge in [0.15, 0.2) is 18.9 Å². The van der Waals surface area contributed by atoms with Gasteiger partial charge in [0.2, 0.25) is 0 Å². The van der Waals surface area contributed by atoms with E-state index in [-0.39, 0.29) is 17.1 Å². The summed E-state index contributed by atoms with van der Waals surface area (Å²) in [6.07, 6.45) is 1.80. The van der Waals surface area contributed by atoms with Gasteiger partial charge in [-0.15, -0.1) is 0 Å². The Morgan fingerprint density at radius 2 is 0.936 bits per heavy atom. The summed E-state index contributed by atoms with van der Waals surface area (Å²) in [5.74, 6) is 3.74. The van der Waals surface area contributed by atoms with Crippen molar-refractivity contribution < 1.29 is 53.0 Å². The predicted molar refractivity (Wildman–Crippen MR) is 185 cm³/mol. The highest BCUT2D eigenvalue weighted by Crippen LogP contribution is 2.35. The molecule has 0 radical (unpaired) electrons. The van der Waals surface area contributed by atoms with Crippen molar-refractivity contribution in [3.05, 3.63) is 91.9 Å². The molecule has 0 fully saturated rings. The van der Waals surface area contributed by atoms with E-state index in [9.17, 15) is 14.4 Å². The van der Waals surface area contributed by atoms with Crippen molar-refractivity contribution in [3.8, 4) is 46.0 Å². The second kappa shape index (κ2) is 21.1. The number of aldehydes is 3. The number of halogens is 2. The fraction of sp³-hybridized carbons (Fsp3) is 0.206. The lowest BCUT2D eigenvalue weighted by Gasteiger charge is -2.08. The van der Waals surface area contributed by atoms with Crippen molar-refractivity contribution in [2.45, 2.75) is 6.92 Å². The molecular formula is C34H36Br2O11. The molecule has 47 heavy (non-hydrogen) atoms.